The Labute approximate surface area is 185 Å². The van der Waals surface area contributed by atoms with Crippen molar-refractivity contribution in [2.45, 2.75) is 6.92 Å². The lowest BCUT2D eigenvalue weighted by Gasteiger charge is -2.11. The van der Waals surface area contributed by atoms with Crippen LogP contribution in [0.25, 0.3) is 16.9 Å². The van der Waals surface area contributed by atoms with Crippen LogP contribution >= 0.6 is 0 Å². The number of carbonyl (C=O) groups is 2. The number of methoxy groups -OCH3 is 1. The molecule has 0 saturated heterocycles. The Morgan fingerprint density at radius 3 is 2.47 bits per heavy atom. The van der Waals surface area contributed by atoms with Crippen LogP contribution in [-0.4, -0.2) is 65.6 Å². The smallest absolute Gasteiger partial charge is 0.404 e. The number of pyridine rings is 1. The summed E-state index contributed by atoms with van der Waals surface area (Å²) in [5.41, 5.74) is 7.47. The molecule has 1 aromatic carbocycles. The molecule has 0 atom stereocenters. The van der Waals surface area contributed by atoms with Gasteiger partial charge in [-0.05, 0) is 43.3 Å². The minimum absolute atomic E-state index is 0.0603. The van der Waals surface area contributed by atoms with Gasteiger partial charge in [-0.3, -0.25) is 4.79 Å². The summed E-state index contributed by atoms with van der Waals surface area (Å²) in [7, 11) is 3.27. The minimum Gasteiger partial charge on any atom is -0.490 e. The van der Waals surface area contributed by atoms with Gasteiger partial charge in [0.05, 0.1) is 24.7 Å². The molecule has 168 valence electrons. The number of carbonyl (C=O) groups excluding carboxylic acids is 2. The highest BCUT2D eigenvalue weighted by Crippen LogP contribution is 2.27. The maximum atomic E-state index is 12.7. The second-order valence-corrected chi connectivity index (χ2v) is 6.75. The van der Waals surface area contributed by atoms with Crippen molar-refractivity contribution < 1.29 is 23.8 Å². The number of aromatic nitrogens is 3. The molecular formula is C22H25N5O5. The van der Waals surface area contributed by atoms with Crippen LogP contribution in [0.1, 0.15) is 17.4 Å². The van der Waals surface area contributed by atoms with Gasteiger partial charge in [0.1, 0.15) is 19.0 Å². The normalized spacial score (nSPS) is 10.5. The molecule has 2 heterocycles. The zero-order valence-corrected chi connectivity index (χ0v) is 18.1. The Kier molecular flexibility index (Phi) is 7.27. The molecule has 0 aliphatic heterocycles. The van der Waals surface area contributed by atoms with Crippen molar-refractivity contribution in [3.8, 4) is 28.6 Å². The summed E-state index contributed by atoms with van der Waals surface area (Å²) in [6.45, 7) is 2.71. The molecule has 0 aliphatic carbocycles. The van der Waals surface area contributed by atoms with Crippen molar-refractivity contribution in [2.24, 2.45) is 5.73 Å². The van der Waals surface area contributed by atoms with Crippen molar-refractivity contribution in [1.29, 1.82) is 0 Å². The van der Waals surface area contributed by atoms with E-state index in [0.717, 1.165) is 5.56 Å². The number of amides is 2. The second kappa shape index (κ2) is 10.3. The van der Waals surface area contributed by atoms with Crippen molar-refractivity contribution in [3.63, 3.8) is 0 Å². The van der Waals surface area contributed by atoms with Gasteiger partial charge in [0, 0.05) is 25.2 Å². The molecule has 2 aromatic heterocycles. The number of rotatable bonds is 9. The number of nitrogens with zero attached hydrogens (tertiary/aromatic N) is 4. The third-order valence-corrected chi connectivity index (χ3v) is 4.67. The first-order valence-corrected chi connectivity index (χ1v) is 9.94. The number of hydrogen-bond donors (Lipinski definition) is 1. The largest absolute Gasteiger partial charge is 0.490 e. The first-order chi connectivity index (χ1) is 15.4. The summed E-state index contributed by atoms with van der Waals surface area (Å²) in [6, 6.07) is 12.6. The molecule has 2 amide bonds. The second-order valence-electron chi connectivity index (χ2n) is 6.75. The fourth-order valence-corrected chi connectivity index (χ4v) is 2.87. The molecule has 0 unspecified atom stereocenters. The van der Waals surface area contributed by atoms with Gasteiger partial charge in [0.25, 0.3) is 5.91 Å². The molecule has 3 rings (SSSR count). The quantitative estimate of drug-likeness (QED) is 0.508. The van der Waals surface area contributed by atoms with Crippen LogP contribution < -0.4 is 15.2 Å². The van der Waals surface area contributed by atoms with Crippen molar-refractivity contribution in [2.75, 3.05) is 33.9 Å². The number of ether oxygens (including phenoxy) is 3. The summed E-state index contributed by atoms with van der Waals surface area (Å²) in [5.74, 6) is 0.899. The Morgan fingerprint density at radius 2 is 1.88 bits per heavy atom. The molecular weight excluding hydrogens is 414 g/mol. The summed E-state index contributed by atoms with van der Waals surface area (Å²) in [4.78, 5) is 29.1. The number of hydrogen-bond acceptors (Lipinski definition) is 7. The van der Waals surface area contributed by atoms with E-state index in [4.69, 9.17) is 15.2 Å². The van der Waals surface area contributed by atoms with E-state index in [-0.39, 0.29) is 19.1 Å². The molecule has 10 nitrogen and oxygen atoms in total. The summed E-state index contributed by atoms with van der Waals surface area (Å²) < 4.78 is 17.0. The summed E-state index contributed by atoms with van der Waals surface area (Å²) >= 11 is 0. The third kappa shape index (κ3) is 5.34. The maximum absolute atomic E-state index is 12.7. The van der Waals surface area contributed by atoms with Crippen LogP contribution in [0.5, 0.6) is 11.6 Å². The molecule has 10 heteroatoms. The van der Waals surface area contributed by atoms with E-state index in [2.05, 4.69) is 14.8 Å². The highest BCUT2D eigenvalue weighted by atomic mass is 16.6. The molecule has 2 N–H and O–H groups in total. The van der Waals surface area contributed by atoms with Crippen LogP contribution in [0.3, 0.4) is 0 Å². The van der Waals surface area contributed by atoms with E-state index in [1.165, 1.54) is 0 Å². The van der Waals surface area contributed by atoms with E-state index in [1.807, 2.05) is 25.1 Å². The molecule has 32 heavy (non-hydrogen) atoms. The average Bonchev–Trinajstić information content (AvgIpc) is 3.26. The van der Waals surface area contributed by atoms with Crippen LogP contribution in [0.15, 0.2) is 48.7 Å². The van der Waals surface area contributed by atoms with Gasteiger partial charge in [-0.15, -0.1) is 0 Å². The van der Waals surface area contributed by atoms with Gasteiger partial charge in [-0.1, -0.05) is 0 Å². The van der Waals surface area contributed by atoms with E-state index in [1.54, 1.807) is 54.2 Å². The zero-order chi connectivity index (χ0) is 23.1. The zero-order valence-electron chi connectivity index (χ0n) is 18.1. The van der Waals surface area contributed by atoms with Gasteiger partial charge in [0.2, 0.25) is 5.88 Å². The Hall–Kier alpha value is -4.08. The molecule has 0 spiro atoms. The van der Waals surface area contributed by atoms with E-state index >= 15 is 0 Å². The number of benzene rings is 1. The molecule has 0 aliphatic rings. The number of nitrogens with two attached hydrogens (primary N) is 1. The fraction of sp³-hybridized carbons (Fsp3) is 0.273. The monoisotopic (exact) mass is 439 g/mol. The number of primary amides is 1. The molecule has 0 radical (unpaired) electrons. The van der Waals surface area contributed by atoms with Crippen LogP contribution in [-0.2, 0) is 4.74 Å². The van der Waals surface area contributed by atoms with Gasteiger partial charge in [-0.2, -0.15) is 5.10 Å². The maximum Gasteiger partial charge on any atom is 0.404 e. The first kappa shape index (κ1) is 22.6. The first-order valence-electron chi connectivity index (χ1n) is 9.94. The standard InChI is InChI=1S/C22H25N5O5/c1-4-26(2)21(28)18-13-19(27(25-18)16-7-10-20(30-3)24-14-16)15-5-8-17(9-6-15)31-11-12-32-22(23)29/h5-10,13-14H,4,11-12H2,1-3H3,(H2,23,29). The van der Waals surface area contributed by atoms with Gasteiger partial charge in [-0.25, -0.2) is 14.5 Å². The van der Waals surface area contributed by atoms with Crippen LogP contribution in [0.2, 0.25) is 0 Å². The van der Waals surface area contributed by atoms with Gasteiger partial charge < -0.3 is 24.8 Å². The predicted molar refractivity (Wildman–Crippen MR) is 117 cm³/mol. The van der Waals surface area contributed by atoms with Crippen LogP contribution in [0.4, 0.5) is 4.79 Å². The topological polar surface area (TPSA) is 122 Å². The molecule has 0 fully saturated rings. The molecule has 0 bridgehead atoms. The lowest BCUT2D eigenvalue weighted by atomic mass is 10.1. The van der Waals surface area contributed by atoms with Gasteiger partial charge >= 0.3 is 6.09 Å². The SMILES string of the molecule is CCN(C)C(=O)c1cc(-c2ccc(OCCOC(N)=O)cc2)n(-c2ccc(OC)nc2)n1. The summed E-state index contributed by atoms with van der Waals surface area (Å²) in [6.07, 6.45) is 0.785. The van der Waals surface area contributed by atoms with Crippen LogP contribution in [0, 0.1) is 0 Å². The fourth-order valence-electron chi connectivity index (χ4n) is 2.87. The average molecular weight is 439 g/mol. The lowest BCUT2D eigenvalue weighted by Crippen LogP contribution is -2.26. The Balaban J connectivity index is 1.90. The lowest BCUT2D eigenvalue weighted by molar-refractivity contribution is 0.0796. The summed E-state index contributed by atoms with van der Waals surface area (Å²) in [5, 5.41) is 4.53. The Bertz CT molecular complexity index is 1060. The molecule has 3 aromatic rings. The van der Waals surface area contributed by atoms with E-state index in [9.17, 15) is 9.59 Å². The van der Waals surface area contributed by atoms with E-state index in [0.29, 0.717) is 35.2 Å². The molecule has 0 saturated carbocycles. The van der Waals surface area contributed by atoms with E-state index < -0.39 is 6.09 Å². The Morgan fingerprint density at radius 1 is 1.12 bits per heavy atom. The van der Waals surface area contributed by atoms with Crippen molar-refractivity contribution in [3.05, 3.63) is 54.4 Å². The van der Waals surface area contributed by atoms with Crippen molar-refractivity contribution in [1.82, 2.24) is 19.7 Å². The highest BCUT2D eigenvalue weighted by molar-refractivity contribution is 5.93. The highest BCUT2D eigenvalue weighted by Gasteiger charge is 2.19. The van der Waals surface area contributed by atoms with Crippen molar-refractivity contribution >= 4 is 12.0 Å². The van der Waals surface area contributed by atoms with Gasteiger partial charge in [0.15, 0.2) is 5.69 Å². The third-order valence-electron chi connectivity index (χ3n) is 4.67. The predicted octanol–water partition coefficient (Wildman–Crippen LogP) is 2.51. The minimum atomic E-state index is -0.843.